The molecule has 3 N–H and O–H groups in total. The van der Waals surface area contributed by atoms with Gasteiger partial charge in [-0.3, -0.25) is 9.59 Å². The molecule has 4 rings (SSSR count). The second kappa shape index (κ2) is 9.13. The summed E-state index contributed by atoms with van der Waals surface area (Å²) in [5.74, 6) is -1.72. The lowest BCUT2D eigenvalue weighted by Gasteiger charge is -2.10. The maximum atomic E-state index is 13.4. The lowest BCUT2D eigenvalue weighted by molar-refractivity contribution is 0.0531. The monoisotopic (exact) mass is 479 g/mol. The number of ether oxygens (including phenoxy) is 1. The number of hydrogen-bond donors (Lipinski definition) is 2. The van der Waals surface area contributed by atoms with Crippen molar-refractivity contribution in [2.45, 2.75) is 20.8 Å². The van der Waals surface area contributed by atoms with Gasteiger partial charge in [-0.25, -0.2) is 9.78 Å². The van der Waals surface area contributed by atoms with Gasteiger partial charge >= 0.3 is 5.97 Å². The molecule has 168 valence electrons. The molecule has 3 heterocycles. The number of benzene rings is 1. The SMILES string of the molecule is CCOC(=O)c1sc(NC(=O)c2cc(-c3ccc(C)s3)nc3ccccc23)c(C(N)=O)c1C. The number of aromatic nitrogens is 1. The molecule has 0 fully saturated rings. The van der Waals surface area contributed by atoms with E-state index in [1.54, 1.807) is 31.3 Å². The lowest BCUT2D eigenvalue weighted by Crippen LogP contribution is -2.18. The highest BCUT2D eigenvalue weighted by Gasteiger charge is 2.26. The normalized spacial score (nSPS) is 10.9. The molecule has 0 aliphatic rings. The molecule has 4 aromatic rings. The molecule has 33 heavy (non-hydrogen) atoms. The molecular weight excluding hydrogens is 458 g/mol. The maximum Gasteiger partial charge on any atom is 0.348 e. The van der Waals surface area contributed by atoms with Crippen molar-refractivity contribution < 1.29 is 19.1 Å². The minimum Gasteiger partial charge on any atom is -0.462 e. The van der Waals surface area contributed by atoms with Crippen LogP contribution in [0, 0.1) is 13.8 Å². The molecule has 1 aromatic carbocycles. The van der Waals surface area contributed by atoms with E-state index in [1.807, 2.05) is 43.3 Å². The molecule has 3 aromatic heterocycles. The van der Waals surface area contributed by atoms with E-state index in [-0.39, 0.29) is 22.0 Å². The number of para-hydroxylation sites is 1. The molecule has 2 amide bonds. The Labute approximate surface area is 198 Å². The van der Waals surface area contributed by atoms with Crippen LogP contribution in [0.2, 0.25) is 0 Å². The first-order valence-corrected chi connectivity index (χ1v) is 11.8. The fraction of sp³-hybridized carbons (Fsp3) is 0.167. The van der Waals surface area contributed by atoms with Crippen LogP contribution in [0.25, 0.3) is 21.5 Å². The van der Waals surface area contributed by atoms with Crippen LogP contribution < -0.4 is 11.1 Å². The summed E-state index contributed by atoms with van der Waals surface area (Å²) >= 11 is 2.56. The van der Waals surface area contributed by atoms with Crippen LogP contribution in [-0.2, 0) is 4.74 Å². The number of carbonyl (C=O) groups is 3. The van der Waals surface area contributed by atoms with Gasteiger partial charge in [-0.05, 0) is 50.6 Å². The molecule has 0 radical (unpaired) electrons. The van der Waals surface area contributed by atoms with Crippen LogP contribution in [-0.4, -0.2) is 29.4 Å². The van der Waals surface area contributed by atoms with Gasteiger partial charge in [0, 0.05) is 10.3 Å². The average Bonchev–Trinajstić information content (AvgIpc) is 3.36. The van der Waals surface area contributed by atoms with Crippen LogP contribution in [0.15, 0.2) is 42.5 Å². The first-order valence-electron chi connectivity index (χ1n) is 10.2. The summed E-state index contributed by atoms with van der Waals surface area (Å²) in [7, 11) is 0. The highest BCUT2D eigenvalue weighted by atomic mass is 32.1. The van der Waals surface area contributed by atoms with Crippen molar-refractivity contribution in [1.29, 1.82) is 0 Å². The molecule has 0 aliphatic carbocycles. The van der Waals surface area contributed by atoms with Crippen molar-refractivity contribution in [3.05, 3.63) is 68.9 Å². The fourth-order valence-electron chi connectivity index (χ4n) is 3.52. The summed E-state index contributed by atoms with van der Waals surface area (Å²) in [6, 6.07) is 13.1. The van der Waals surface area contributed by atoms with Crippen LogP contribution >= 0.6 is 22.7 Å². The van der Waals surface area contributed by atoms with Gasteiger partial charge in [0.2, 0.25) is 0 Å². The van der Waals surface area contributed by atoms with E-state index in [9.17, 15) is 14.4 Å². The number of carbonyl (C=O) groups excluding carboxylic acids is 3. The number of esters is 1. The number of pyridine rings is 1. The Balaban J connectivity index is 1.79. The van der Waals surface area contributed by atoms with E-state index >= 15 is 0 Å². The van der Waals surface area contributed by atoms with Crippen molar-refractivity contribution in [3.63, 3.8) is 0 Å². The number of primary amides is 1. The Hall–Kier alpha value is -3.56. The zero-order valence-electron chi connectivity index (χ0n) is 18.2. The van der Waals surface area contributed by atoms with Gasteiger partial charge in [-0.15, -0.1) is 22.7 Å². The van der Waals surface area contributed by atoms with Gasteiger partial charge in [-0.2, -0.15) is 0 Å². The Morgan fingerprint density at radius 1 is 1.09 bits per heavy atom. The number of thiophene rings is 2. The minimum atomic E-state index is -0.732. The predicted molar refractivity (Wildman–Crippen MR) is 131 cm³/mol. The van der Waals surface area contributed by atoms with Crippen molar-refractivity contribution in [1.82, 2.24) is 4.98 Å². The summed E-state index contributed by atoms with van der Waals surface area (Å²) in [6.07, 6.45) is 0. The second-order valence-corrected chi connectivity index (χ2v) is 9.59. The van der Waals surface area contributed by atoms with Gasteiger partial charge in [0.15, 0.2) is 0 Å². The molecular formula is C24H21N3O4S2. The van der Waals surface area contributed by atoms with Crippen LogP contribution in [0.3, 0.4) is 0 Å². The minimum absolute atomic E-state index is 0.101. The summed E-state index contributed by atoms with van der Waals surface area (Å²) in [4.78, 5) is 44.9. The highest BCUT2D eigenvalue weighted by Crippen LogP contribution is 2.35. The topological polar surface area (TPSA) is 111 Å². The van der Waals surface area contributed by atoms with Crippen LogP contribution in [0.4, 0.5) is 5.00 Å². The van der Waals surface area contributed by atoms with Crippen molar-refractivity contribution in [2.24, 2.45) is 5.73 Å². The van der Waals surface area contributed by atoms with E-state index in [0.717, 1.165) is 21.1 Å². The van der Waals surface area contributed by atoms with Crippen molar-refractivity contribution in [3.8, 4) is 10.6 Å². The Kier molecular flexibility index (Phi) is 6.26. The van der Waals surface area contributed by atoms with Gasteiger partial charge in [-0.1, -0.05) is 18.2 Å². The summed E-state index contributed by atoms with van der Waals surface area (Å²) in [6.45, 7) is 5.50. The first kappa shape index (κ1) is 22.6. The van der Waals surface area contributed by atoms with Crippen LogP contribution in [0.5, 0.6) is 0 Å². The smallest absolute Gasteiger partial charge is 0.348 e. The number of nitrogens with two attached hydrogens (primary N) is 1. The third kappa shape index (κ3) is 4.37. The Bertz CT molecular complexity index is 1400. The molecule has 0 aliphatic heterocycles. The lowest BCUT2D eigenvalue weighted by atomic mass is 10.1. The number of anilines is 1. The number of nitrogens with one attached hydrogen (secondary N) is 1. The zero-order chi connectivity index (χ0) is 23.7. The maximum absolute atomic E-state index is 13.4. The molecule has 9 heteroatoms. The number of nitrogens with zero attached hydrogens (tertiary/aromatic N) is 1. The quantitative estimate of drug-likeness (QED) is 0.371. The molecule has 0 atom stereocenters. The number of fused-ring (bicyclic) bond motifs is 1. The summed E-state index contributed by atoms with van der Waals surface area (Å²) in [5, 5.41) is 3.67. The largest absolute Gasteiger partial charge is 0.462 e. The first-order chi connectivity index (χ1) is 15.8. The van der Waals surface area contributed by atoms with Crippen molar-refractivity contribution >= 4 is 56.4 Å². The van der Waals surface area contributed by atoms with E-state index < -0.39 is 17.8 Å². The Morgan fingerprint density at radius 2 is 1.85 bits per heavy atom. The summed E-state index contributed by atoms with van der Waals surface area (Å²) in [5.41, 5.74) is 7.81. The zero-order valence-corrected chi connectivity index (χ0v) is 19.9. The number of amides is 2. The molecule has 7 nitrogen and oxygen atoms in total. The van der Waals surface area contributed by atoms with Crippen molar-refractivity contribution in [2.75, 3.05) is 11.9 Å². The molecule has 0 unspecified atom stereocenters. The van der Waals surface area contributed by atoms with Crippen LogP contribution in [0.1, 0.15) is 47.8 Å². The van der Waals surface area contributed by atoms with E-state index in [2.05, 4.69) is 5.32 Å². The number of aryl methyl sites for hydroxylation is 1. The number of rotatable bonds is 6. The van der Waals surface area contributed by atoms with E-state index in [1.165, 1.54) is 0 Å². The second-order valence-electron chi connectivity index (χ2n) is 7.28. The molecule has 0 saturated heterocycles. The number of hydrogen-bond acceptors (Lipinski definition) is 7. The summed E-state index contributed by atoms with van der Waals surface area (Å²) < 4.78 is 5.07. The average molecular weight is 480 g/mol. The van der Waals surface area contributed by atoms with Gasteiger partial charge in [0.05, 0.1) is 33.8 Å². The third-order valence-electron chi connectivity index (χ3n) is 5.03. The molecule has 0 bridgehead atoms. The third-order valence-corrected chi connectivity index (χ3v) is 7.25. The fourth-order valence-corrected chi connectivity index (χ4v) is 5.45. The Morgan fingerprint density at radius 3 is 2.52 bits per heavy atom. The standard InChI is InChI=1S/C24H21N3O4S2/c1-4-31-24(30)20-13(3)19(21(25)28)23(33-20)27-22(29)15-11-17(18-10-9-12(2)32-18)26-16-8-6-5-7-14(15)16/h5-11H,4H2,1-3H3,(H2,25,28)(H,27,29). The highest BCUT2D eigenvalue weighted by molar-refractivity contribution is 7.18. The van der Waals surface area contributed by atoms with E-state index in [0.29, 0.717) is 27.7 Å². The van der Waals surface area contributed by atoms with Gasteiger partial charge in [0.25, 0.3) is 11.8 Å². The van der Waals surface area contributed by atoms with E-state index in [4.69, 9.17) is 15.5 Å². The van der Waals surface area contributed by atoms with Gasteiger partial charge < -0.3 is 15.8 Å². The molecule has 0 saturated carbocycles. The van der Waals surface area contributed by atoms with Gasteiger partial charge in [0.1, 0.15) is 9.88 Å². The molecule has 0 spiro atoms. The predicted octanol–water partition coefficient (Wildman–Crippen LogP) is 5.17.